The molecule has 0 heterocycles. The molecular formula is C15H15IN2O3S. The van der Waals surface area contributed by atoms with E-state index in [-0.39, 0.29) is 6.54 Å². The van der Waals surface area contributed by atoms with Gasteiger partial charge in [-0.05, 0) is 59.0 Å². The maximum absolute atomic E-state index is 12.1. The highest BCUT2D eigenvalue weighted by Gasteiger charge is 2.20. The van der Waals surface area contributed by atoms with Gasteiger partial charge < -0.3 is 5.32 Å². The van der Waals surface area contributed by atoms with Gasteiger partial charge in [0.2, 0.25) is 15.9 Å². The normalized spacial score (nSPS) is 11.0. The van der Waals surface area contributed by atoms with Crippen LogP contribution in [0.2, 0.25) is 0 Å². The first-order chi connectivity index (χ1) is 10.4. The molecular weight excluding hydrogens is 415 g/mol. The fourth-order valence-corrected chi connectivity index (χ4v) is 3.08. The van der Waals surface area contributed by atoms with Crippen LogP contribution in [0.15, 0.2) is 54.6 Å². The Morgan fingerprint density at radius 3 is 2.23 bits per heavy atom. The molecule has 0 aliphatic heterocycles. The predicted octanol–water partition coefficient (Wildman–Crippen LogP) is 2.70. The summed E-state index contributed by atoms with van der Waals surface area (Å²) in [6.07, 6.45) is 1.08. The summed E-state index contributed by atoms with van der Waals surface area (Å²) >= 11 is 2.13. The summed E-state index contributed by atoms with van der Waals surface area (Å²) in [5.41, 5.74) is 1.09. The van der Waals surface area contributed by atoms with Crippen molar-refractivity contribution in [2.24, 2.45) is 0 Å². The second kappa shape index (κ2) is 7.10. The minimum absolute atomic E-state index is 0.270. The third kappa shape index (κ3) is 4.70. The van der Waals surface area contributed by atoms with Crippen molar-refractivity contribution in [3.8, 4) is 0 Å². The van der Waals surface area contributed by atoms with Crippen molar-refractivity contribution in [3.05, 3.63) is 58.2 Å². The lowest BCUT2D eigenvalue weighted by Gasteiger charge is -2.22. The van der Waals surface area contributed by atoms with Crippen molar-refractivity contribution in [3.63, 3.8) is 0 Å². The lowest BCUT2D eigenvalue weighted by atomic mass is 10.3. The van der Waals surface area contributed by atoms with Crippen LogP contribution in [0.25, 0.3) is 0 Å². The maximum Gasteiger partial charge on any atom is 0.245 e. The Morgan fingerprint density at radius 2 is 1.68 bits per heavy atom. The van der Waals surface area contributed by atoms with E-state index in [1.165, 1.54) is 0 Å². The number of sulfonamides is 1. The van der Waals surface area contributed by atoms with Gasteiger partial charge in [0.1, 0.15) is 6.54 Å². The van der Waals surface area contributed by atoms with E-state index in [1.54, 1.807) is 48.5 Å². The smallest absolute Gasteiger partial charge is 0.245 e. The fraction of sp³-hybridized carbons (Fsp3) is 0.133. The number of nitrogens with zero attached hydrogens (tertiary/aromatic N) is 1. The van der Waals surface area contributed by atoms with Crippen LogP contribution in [0.3, 0.4) is 0 Å². The van der Waals surface area contributed by atoms with Gasteiger partial charge >= 0.3 is 0 Å². The van der Waals surface area contributed by atoms with Gasteiger partial charge in [-0.25, -0.2) is 8.42 Å². The molecule has 0 saturated carbocycles. The van der Waals surface area contributed by atoms with Crippen molar-refractivity contribution < 1.29 is 13.2 Å². The number of hydrogen-bond donors (Lipinski definition) is 1. The first-order valence-electron chi connectivity index (χ1n) is 6.44. The second-order valence-electron chi connectivity index (χ2n) is 4.66. The monoisotopic (exact) mass is 430 g/mol. The van der Waals surface area contributed by atoms with Crippen molar-refractivity contribution in [2.45, 2.75) is 0 Å². The van der Waals surface area contributed by atoms with Crippen molar-refractivity contribution >= 4 is 49.9 Å². The molecule has 0 unspecified atom stereocenters. The van der Waals surface area contributed by atoms with Gasteiger partial charge in [0.05, 0.1) is 11.9 Å². The number of rotatable bonds is 5. The third-order valence-electron chi connectivity index (χ3n) is 2.86. The molecule has 22 heavy (non-hydrogen) atoms. The minimum Gasteiger partial charge on any atom is -0.325 e. The molecule has 1 N–H and O–H groups in total. The number of benzene rings is 2. The molecule has 0 aliphatic carbocycles. The van der Waals surface area contributed by atoms with Crippen LogP contribution < -0.4 is 9.62 Å². The molecule has 0 aliphatic rings. The zero-order chi connectivity index (χ0) is 16.2. The third-order valence-corrected chi connectivity index (χ3v) is 4.72. The Hall–Kier alpha value is -1.61. The van der Waals surface area contributed by atoms with Crippen LogP contribution in [0.1, 0.15) is 0 Å². The number of amides is 1. The highest BCUT2D eigenvalue weighted by atomic mass is 127. The number of nitrogens with one attached hydrogen (secondary N) is 1. The van der Waals surface area contributed by atoms with E-state index >= 15 is 0 Å². The molecule has 0 fully saturated rings. The van der Waals surface area contributed by atoms with Crippen molar-refractivity contribution in [1.82, 2.24) is 0 Å². The number of carbonyl (C=O) groups excluding carboxylic acids is 1. The summed E-state index contributed by atoms with van der Waals surface area (Å²) in [5.74, 6) is -0.393. The molecule has 0 saturated heterocycles. The van der Waals surface area contributed by atoms with Gasteiger partial charge in [0.25, 0.3) is 0 Å². The van der Waals surface area contributed by atoms with Gasteiger partial charge in [-0.1, -0.05) is 18.2 Å². The summed E-state index contributed by atoms with van der Waals surface area (Å²) in [5, 5.41) is 2.68. The average Bonchev–Trinajstić information content (AvgIpc) is 2.46. The zero-order valence-electron chi connectivity index (χ0n) is 11.9. The van der Waals surface area contributed by atoms with Gasteiger partial charge in [-0.3, -0.25) is 9.10 Å². The van der Waals surface area contributed by atoms with Crippen LogP contribution in [0.4, 0.5) is 11.4 Å². The lowest BCUT2D eigenvalue weighted by Crippen LogP contribution is -2.37. The first-order valence-corrected chi connectivity index (χ1v) is 9.37. The van der Waals surface area contributed by atoms with E-state index in [2.05, 4.69) is 27.9 Å². The van der Waals surface area contributed by atoms with Crippen LogP contribution in [0.5, 0.6) is 0 Å². The van der Waals surface area contributed by atoms with E-state index in [0.29, 0.717) is 11.4 Å². The number of anilines is 2. The van der Waals surface area contributed by atoms with Gasteiger partial charge in [-0.15, -0.1) is 0 Å². The molecule has 0 spiro atoms. The van der Waals surface area contributed by atoms with E-state index in [4.69, 9.17) is 0 Å². The van der Waals surface area contributed by atoms with Crippen LogP contribution >= 0.6 is 22.6 Å². The Kier molecular flexibility index (Phi) is 5.41. The van der Waals surface area contributed by atoms with E-state index in [1.807, 2.05) is 6.07 Å². The Bertz CT molecular complexity index is 746. The topological polar surface area (TPSA) is 66.5 Å². The molecule has 0 atom stereocenters. The summed E-state index contributed by atoms with van der Waals surface area (Å²) in [7, 11) is -3.55. The molecule has 0 radical (unpaired) electrons. The summed E-state index contributed by atoms with van der Waals surface area (Å²) in [6, 6.07) is 15.9. The molecule has 1 amide bonds. The summed E-state index contributed by atoms with van der Waals surface area (Å²) < 4.78 is 26.0. The van der Waals surface area contributed by atoms with Gasteiger partial charge in [0, 0.05) is 9.26 Å². The quantitative estimate of drug-likeness (QED) is 0.742. The number of hydrogen-bond acceptors (Lipinski definition) is 3. The minimum atomic E-state index is -3.55. The molecule has 116 valence electrons. The highest BCUT2D eigenvalue weighted by Crippen LogP contribution is 2.19. The predicted molar refractivity (Wildman–Crippen MR) is 96.4 cm³/mol. The molecule has 0 aromatic heterocycles. The van der Waals surface area contributed by atoms with E-state index in [9.17, 15) is 13.2 Å². The molecule has 2 rings (SSSR count). The number of halogens is 1. The first kappa shape index (κ1) is 16.8. The fourth-order valence-electron chi connectivity index (χ4n) is 1.86. The molecule has 7 heteroatoms. The van der Waals surface area contributed by atoms with E-state index in [0.717, 1.165) is 14.1 Å². The zero-order valence-corrected chi connectivity index (χ0v) is 14.8. The lowest BCUT2D eigenvalue weighted by molar-refractivity contribution is -0.114. The number of carbonyl (C=O) groups is 1. The van der Waals surface area contributed by atoms with Crippen molar-refractivity contribution in [1.29, 1.82) is 0 Å². The number of para-hydroxylation sites is 1. The van der Waals surface area contributed by atoms with Crippen LogP contribution in [0, 0.1) is 3.57 Å². The standard InChI is InChI=1S/C15H15IN2O3S/c1-22(20,21)18(14-9-7-12(16)8-10-14)11-15(19)17-13-5-3-2-4-6-13/h2-10H,11H2,1H3,(H,17,19). The molecule has 2 aromatic rings. The summed E-state index contributed by atoms with van der Waals surface area (Å²) in [6.45, 7) is -0.270. The van der Waals surface area contributed by atoms with E-state index < -0.39 is 15.9 Å². The molecule has 2 aromatic carbocycles. The second-order valence-corrected chi connectivity index (χ2v) is 7.81. The van der Waals surface area contributed by atoms with Crippen LogP contribution in [-0.4, -0.2) is 27.1 Å². The Labute approximate surface area is 143 Å². The van der Waals surface area contributed by atoms with Gasteiger partial charge in [-0.2, -0.15) is 0 Å². The SMILES string of the molecule is CS(=O)(=O)N(CC(=O)Nc1ccccc1)c1ccc(I)cc1. The Morgan fingerprint density at radius 1 is 1.09 bits per heavy atom. The molecule has 5 nitrogen and oxygen atoms in total. The largest absolute Gasteiger partial charge is 0.325 e. The highest BCUT2D eigenvalue weighted by molar-refractivity contribution is 14.1. The summed E-state index contributed by atoms with van der Waals surface area (Å²) in [4.78, 5) is 12.1. The molecule has 0 bridgehead atoms. The Balaban J connectivity index is 2.17. The average molecular weight is 430 g/mol. The van der Waals surface area contributed by atoms with Crippen molar-refractivity contribution in [2.75, 3.05) is 22.4 Å². The maximum atomic E-state index is 12.1. The van der Waals surface area contributed by atoms with Crippen LogP contribution in [-0.2, 0) is 14.8 Å². The van der Waals surface area contributed by atoms with Gasteiger partial charge in [0.15, 0.2) is 0 Å².